The van der Waals surface area contributed by atoms with Gasteiger partial charge in [0.15, 0.2) is 0 Å². The first-order valence-electron chi connectivity index (χ1n) is 6.37. The summed E-state index contributed by atoms with van der Waals surface area (Å²) in [5.41, 5.74) is 0.723. The number of carbonyl (C=O) groups is 1. The van der Waals surface area contributed by atoms with Gasteiger partial charge in [-0.1, -0.05) is 0 Å². The lowest BCUT2D eigenvalue weighted by Crippen LogP contribution is -2.45. The molecule has 98 valence electrons. The number of piperidine rings is 1. The monoisotopic (exact) mass is 249 g/mol. The predicted molar refractivity (Wildman–Crippen MR) is 69.5 cm³/mol. The second kappa shape index (κ2) is 6.35. The van der Waals surface area contributed by atoms with Crippen molar-refractivity contribution in [3.63, 3.8) is 0 Å². The summed E-state index contributed by atoms with van der Waals surface area (Å²) in [6.07, 6.45) is 5.52. The summed E-state index contributed by atoms with van der Waals surface area (Å²) in [6.45, 7) is 4.13. The smallest absolute Gasteiger partial charge is 0.321 e. The highest BCUT2D eigenvalue weighted by molar-refractivity contribution is 5.89. The lowest BCUT2D eigenvalue weighted by Gasteiger charge is -2.32. The van der Waals surface area contributed by atoms with Crippen LogP contribution in [0.5, 0.6) is 0 Å². The third-order valence-electron chi connectivity index (χ3n) is 2.98. The van der Waals surface area contributed by atoms with Crippen molar-refractivity contribution in [2.24, 2.45) is 0 Å². The molecule has 5 heteroatoms. The molecule has 0 aliphatic carbocycles. The van der Waals surface area contributed by atoms with Crippen molar-refractivity contribution in [3.8, 4) is 0 Å². The van der Waals surface area contributed by atoms with Crippen molar-refractivity contribution in [1.82, 2.24) is 9.88 Å². The Morgan fingerprint density at radius 1 is 1.67 bits per heavy atom. The summed E-state index contributed by atoms with van der Waals surface area (Å²) in [4.78, 5) is 17.8. The molecule has 2 amide bonds. The Morgan fingerprint density at radius 3 is 3.28 bits per heavy atom. The number of hydrogen-bond acceptors (Lipinski definition) is 3. The zero-order chi connectivity index (χ0) is 12.8. The number of aromatic nitrogens is 1. The number of carbonyl (C=O) groups excluding carboxylic acids is 1. The van der Waals surface area contributed by atoms with Gasteiger partial charge >= 0.3 is 6.03 Å². The number of nitrogens with one attached hydrogen (secondary N) is 1. The largest absolute Gasteiger partial charge is 0.377 e. The Hall–Kier alpha value is -1.62. The molecule has 1 aromatic rings. The first-order chi connectivity index (χ1) is 8.79. The maximum Gasteiger partial charge on any atom is 0.321 e. The van der Waals surface area contributed by atoms with Crippen molar-refractivity contribution in [2.75, 3.05) is 25.0 Å². The van der Waals surface area contributed by atoms with Gasteiger partial charge < -0.3 is 15.0 Å². The van der Waals surface area contributed by atoms with Crippen LogP contribution in [0.4, 0.5) is 10.5 Å². The van der Waals surface area contributed by atoms with Crippen molar-refractivity contribution in [3.05, 3.63) is 24.5 Å². The number of likely N-dealkylation sites (tertiary alicyclic amines) is 1. The van der Waals surface area contributed by atoms with Crippen LogP contribution in [0, 0.1) is 0 Å². The first kappa shape index (κ1) is 12.8. The Balaban J connectivity index is 1.88. The molecular formula is C13H19N3O2. The minimum absolute atomic E-state index is 0.0765. The van der Waals surface area contributed by atoms with Crippen LogP contribution in [0.2, 0.25) is 0 Å². The fourth-order valence-electron chi connectivity index (χ4n) is 2.13. The zero-order valence-corrected chi connectivity index (χ0v) is 10.6. The van der Waals surface area contributed by atoms with Crippen LogP contribution in [0.3, 0.4) is 0 Å². The van der Waals surface area contributed by atoms with E-state index < -0.39 is 0 Å². The summed E-state index contributed by atoms with van der Waals surface area (Å²) in [5.74, 6) is 0. The SMILES string of the molecule is CCOC1CCCN(C(=O)Nc2cccnc2)C1. The Kier molecular flexibility index (Phi) is 4.52. The van der Waals surface area contributed by atoms with Crippen molar-refractivity contribution in [2.45, 2.75) is 25.9 Å². The van der Waals surface area contributed by atoms with Gasteiger partial charge in [-0.25, -0.2) is 4.79 Å². The average Bonchev–Trinajstić information content (AvgIpc) is 2.40. The Morgan fingerprint density at radius 2 is 2.56 bits per heavy atom. The fraction of sp³-hybridized carbons (Fsp3) is 0.538. The molecule has 0 radical (unpaired) electrons. The molecule has 2 rings (SSSR count). The summed E-state index contributed by atoms with van der Waals surface area (Å²) in [7, 11) is 0. The van der Waals surface area contributed by atoms with Gasteiger partial charge in [0.2, 0.25) is 0 Å². The lowest BCUT2D eigenvalue weighted by atomic mass is 10.1. The van der Waals surface area contributed by atoms with E-state index >= 15 is 0 Å². The van der Waals surface area contributed by atoms with Gasteiger partial charge in [0.1, 0.15) is 0 Å². The van der Waals surface area contributed by atoms with E-state index in [0.717, 1.165) is 25.1 Å². The Labute approximate surface area is 107 Å². The second-order valence-electron chi connectivity index (χ2n) is 4.34. The molecule has 1 aromatic heterocycles. The standard InChI is InChI=1S/C13H19N3O2/c1-2-18-12-6-4-8-16(10-12)13(17)15-11-5-3-7-14-9-11/h3,5,7,9,12H,2,4,6,8,10H2,1H3,(H,15,17). The van der Waals surface area contributed by atoms with E-state index in [2.05, 4.69) is 10.3 Å². The minimum Gasteiger partial charge on any atom is -0.377 e. The summed E-state index contributed by atoms with van der Waals surface area (Å²) >= 11 is 0. The van der Waals surface area contributed by atoms with Gasteiger partial charge in [-0.2, -0.15) is 0 Å². The van der Waals surface area contributed by atoms with E-state index in [9.17, 15) is 4.79 Å². The molecular weight excluding hydrogens is 230 g/mol. The predicted octanol–water partition coefficient (Wildman–Crippen LogP) is 2.11. The molecule has 0 aromatic carbocycles. The summed E-state index contributed by atoms with van der Waals surface area (Å²) in [6, 6.07) is 3.55. The van der Waals surface area contributed by atoms with E-state index in [4.69, 9.17) is 4.74 Å². The van der Waals surface area contributed by atoms with Gasteiger partial charge in [0.05, 0.1) is 18.0 Å². The van der Waals surface area contributed by atoms with E-state index in [1.807, 2.05) is 13.0 Å². The topological polar surface area (TPSA) is 54.5 Å². The number of nitrogens with zero attached hydrogens (tertiary/aromatic N) is 2. The van der Waals surface area contributed by atoms with E-state index in [1.54, 1.807) is 23.4 Å². The number of hydrogen-bond donors (Lipinski definition) is 1. The molecule has 1 unspecified atom stereocenters. The molecule has 0 saturated carbocycles. The fourth-order valence-corrected chi connectivity index (χ4v) is 2.13. The molecule has 18 heavy (non-hydrogen) atoms. The molecule has 2 heterocycles. The van der Waals surface area contributed by atoms with Crippen LogP contribution in [0.15, 0.2) is 24.5 Å². The van der Waals surface area contributed by atoms with Crippen LogP contribution in [-0.4, -0.2) is 41.7 Å². The number of amides is 2. The van der Waals surface area contributed by atoms with Crippen molar-refractivity contribution in [1.29, 1.82) is 0 Å². The van der Waals surface area contributed by atoms with Crippen molar-refractivity contribution < 1.29 is 9.53 Å². The first-order valence-corrected chi connectivity index (χ1v) is 6.37. The summed E-state index contributed by atoms with van der Waals surface area (Å²) < 4.78 is 5.58. The molecule has 1 aliphatic heterocycles. The van der Waals surface area contributed by atoms with Gasteiger partial charge in [-0.05, 0) is 31.9 Å². The van der Waals surface area contributed by atoms with Gasteiger partial charge in [0, 0.05) is 25.9 Å². The van der Waals surface area contributed by atoms with Crippen molar-refractivity contribution >= 4 is 11.7 Å². The lowest BCUT2D eigenvalue weighted by molar-refractivity contribution is 0.0181. The molecule has 1 atom stereocenters. The highest BCUT2D eigenvalue weighted by Crippen LogP contribution is 2.14. The zero-order valence-electron chi connectivity index (χ0n) is 10.6. The number of anilines is 1. The molecule has 0 spiro atoms. The highest BCUT2D eigenvalue weighted by Gasteiger charge is 2.23. The molecule has 1 N–H and O–H groups in total. The van der Waals surface area contributed by atoms with Crippen LogP contribution in [0.1, 0.15) is 19.8 Å². The number of rotatable bonds is 3. The van der Waals surface area contributed by atoms with Crippen LogP contribution < -0.4 is 5.32 Å². The average molecular weight is 249 g/mol. The molecule has 1 saturated heterocycles. The third kappa shape index (κ3) is 3.43. The molecule has 1 fully saturated rings. The van der Waals surface area contributed by atoms with E-state index in [0.29, 0.717) is 13.2 Å². The van der Waals surface area contributed by atoms with Gasteiger partial charge in [0.25, 0.3) is 0 Å². The second-order valence-corrected chi connectivity index (χ2v) is 4.34. The molecule has 5 nitrogen and oxygen atoms in total. The highest BCUT2D eigenvalue weighted by atomic mass is 16.5. The maximum atomic E-state index is 12.0. The minimum atomic E-state index is -0.0765. The number of urea groups is 1. The van der Waals surface area contributed by atoms with Gasteiger partial charge in [-0.15, -0.1) is 0 Å². The summed E-state index contributed by atoms with van der Waals surface area (Å²) in [5, 5.41) is 2.84. The normalized spacial score (nSPS) is 19.6. The van der Waals surface area contributed by atoms with E-state index in [1.165, 1.54) is 0 Å². The van der Waals surface area contributed by atoms with Crippen LogP contribution >= 0.6 is 0 Å². The molecule has 0 bridgehead atoms. The maximum absolute atomic E-state index is 12.0. The van der Waals surface area contributed by atoms with Gasteiger partial charge in [-0.3, -0.25) is 4.98 Å². The van der Waals surface area contributed by atoms with Crippen LogP contribution in [-0.2, 0) is 4.74 Å². The number of pyridine rings is 1. The number of ether oxygens (including phenoxy) is 1. The van der Waals surface area contributed by atoms with Crippen LogP contribution in [0.25, 0.3) is 0 Å². The Bertz CT molecular complexity index is 381. The molecule has 1 aliphatic rings. The van der Waals surface area contributed by atoms with E-state index in [-0.39, 0.29) is 12.1 Å². The third-order valence-corrected chi connectivity index (χ3v) is 2.98. The quantitative estimate of drug-likeness (QED) is 0.892.